The molecule has 2 aromatic rings. The Balaban J connectivity index is 2.91. The Bertz CT molecular complexity index is 453. The number of hydrogen-bond donors (Lipinski definition) is 1. The van der Waals surface area contributed by atoms with Crippen LogP contribution < -0.4 is 5.69 Å². The molecule has 0 saturated heterocycles. The van der Waals surface area contributed by atoms with Crippen LogP contribution in [0.5, 0.6) is 0 Å². The fourth-order valence-corrected chi connectivity index (χ4v) is 1.33. The summed E-state index contributed by atoms with van der Waals surface area (Å²) in [5, 5.41) is 0. The van der Waals surface area contributed by atoms with Crippen LogP contribution in [0.15, 0.2) is 29.1 Å². The molecule has 3 heteroatoms. The number of fused-ring (bicyclic) bond motifs is 1. The number of aromatic amines is 1. The largest absolute Gasteiger partial charge is 0.326 e. The monoisotopic (exact) mass is 161 g/mol. The second-order valence-electron chi connectivity index (χ2n) is 2.60. The molecule has 1 aromatic carbocycles. The number of aromatic nitrogens is 2. The van der Waals surface area contributed by atoms with Gasteiger partial charge in [0.05, 0.1) is 11.0 Å². The normalized spacial score (nSPS) is 10.8. The zero-order valence-corrected chi connectivity index (χ0v) is 6.58. The molecule has 61 valence electrons. The van der Waals surface area contributed by atoms with Gasteiger partial charge in [0.2, 0.25) is 0 Å². The van der Waals surface area contributed by atoms with Crippen molar-refractivity contribution in [3.8, 4) is 0 Å². The standard InChI is InChI=1S/C9H9N2O/c1-2-11-8-6-4-3-5-7(8)10-9(11)12/h3-6H,1-2H2,(H,10,12). The summed E-state index contributed by atoms with van der Waals surface area (Å²) in [5.41, 5.74) is 1.69. The molecule has 0 spiro atoms. The van der Waals surface area contributed by atoms with Crippen molar-refractivity contribution in [2.75, 3.05) is 0 Å². The van der Waals surface area contributed by atoms with Crippen LogP contribution in [0.2, 0.25) is 0 Å². The maximum atomic E-state index is 11.2. The van der Waals surface area contributed by atoms with E-state index in [1.165, 1.54) is 0 Å². The van der Waals surface area contributed by atoms with Crippen molar-refractivity contribution in [2.24, 2.45) is 0 Å². The van der Waals surface area contributed by atoms with Crippen molar-refractivity contribution >= 4 is 11.0 Å². The van der Waals surface area contributed by atoms with E-state index in [0.29, 0.717) is 6.54 Å². The van der Waals surface area contributed by atoms with Gasteiger partial charge >= 0.3 is 5.69 Å². The third-order valence-corrected chi connectivity index (χ3v) is 1.91. The molecule has 2 rings (SSSR count). The van der Waals surface area contributed by atoms with Crippen LogP contribution in [0.25, 0.3) is 11.0 Å². The Morgan fingerprint density at radius 2 is 2.17 bits per heavy atom. The zero-order chi connectivity index (χ0) is 8.55. The first-order valence-electron chi connectivity index (χ1n) is 3.79. The molecule has 12 heavy (non-hydrogen) atoms. The molecule has 0 bridgehead atoms. The van der Waals surface area contributed by atoms with Crippen molar-refractivity contribution in [1.29, 1.82) is 0 Å². The molecule has 1 radical (unpaired) electrons. The Kier molecular flexibility index (Phi) is 1.50. The van der Waals surface area contributed by atoms with Gasteiger partial charge in [0.25, 0.3) is 0 Å². The van der Waals surface area contributed by atoms with Crippen LogP contribution in [0.3, 0.4) is 0 Å². The minimum Gasteiger partial charge on any atom is -0.306 e. The summed E-state index contributed by atoms with van der Waals surface area (Å²) < 4.78 is 1.61. The molecular weight excluding hydrogens is 152 g/mol. The molecule has 1 aromatic heterocycles. The molecule has 0 aliphatic rings. The Morgan fingerprint density at radius 1 is 1.42 bits per heavy atom. The summed E-state index contributed by atoms with van der Waals surface area (Å²) in [6.45, 7) is 4.14. The molecule has 1 N–H and O–H groups in total. The number of benzene rings is 1. The first-order chi connectivity index (χ1) is 5.83. The van der Waals surface area contributed by atoms with E-state index in [0.717, 1.165) is 11.0 Å². The van der Waals surface area contributed by atoms with Gasteiger partial charge in [-0.05, 0) is 19.1 Å². The fourth-order valence-electron chi connectivity index (χ4n) is 1.33. The van der Waals surface area contributed by atoms with Gasteiger partial charge in [-0.2, -0.15) is 0 Å². The van der Waals surface area contributed by atoms with Crippen LogP contribution in [0.1, 0.15) is 0 Å². The summed E-state index contributed by atoms with van der Waals surface area (Å²) in [5.74, 6) is 0. The molecule has 3 nitrogen and oxygen atoms in total. The molecule has 1 heterocycles. The van der Waals surface area contributed by atoms with Crippen molar-refractivity contribution < 1.29 is 0 Å². The molecule has 0 amide bonds. The Labute approximate surface area is 69.6 Å². The van der Waals surface area contributed by atoms with E-state index in [1.54, 1.807) is 4.57 Å². The molecule has 0 atom stereocenters. The van der Waals surface area contributed by atoms with Gasteiger partial charge in [-0.25, -0.2) is 4.79 Å². The second-order valence-corrected chi connectivity index (χ2v) is 2.60. The quantitative estimate of drug-likeness (QED) is 0.669. The first kappa shape index (κ1) is 7.16. The van der Waals surface area contributed by atoms with Crippen LogP contribution in [0.4, 0.5) is 0 Å². The predicted molar refractivity (Wildman–Crippen MR) is 47.9 cm³/mol. The van der Waals surface area contributed by atoms with Crippen molar-refractivity contribution in [3.05, 3.63) is 41.7 Å². The van der Waals surface area contributed by atoms with E-state index in [1.807, 2.05) is 24.3 Å². The number of rotatable bonds is 1. The van der Waals surface area contributed by atoms with Gasteiger partial charge in [0.1, 0.15) is 0 Å². The average molecular weight is 161 g/mol. The summed E-state index contributed by atoms with van der Waals surface area (Å²) in [4.78, 5) is 14.0. The third kappa shape index (κ3) is 0.863. The lowest BCUT2D eigenvalue weighted by molar-refractivity contribution is 0.805. The summed E-state index contributed by atoms with van der Waals surface area (Å²) in [7, 11) is 0. The van der Waals surface area contributed by atoms with E-state index in [-0.39, 0.29) is 5.69 Å². The third-order valence-electron chi connectivity index (χ3n) is 1.91. The number of imidazole rings is 1. The first-order valence-corrected chi connectivity index (χ1v) is 3.79. The van der Waals surface area contributed by atoms with E-state index < -0.39 is 0 Å². The lowest BCUT2D eigenvalue weighted by Gasteiger charge is -1.94. The second kappa shape index (κ2) is 2.52. The van der Waals surface area contributed by atoms with Gasteiger partial charge in [0, 0.05) is 6.54 Å². The highest BCUT2D eigenvalue weighted by atomic mass is 16.1. The van der Waals surface area contributed by atoms with Crippen LogP contribution >= 0.6 is 0 Å². The predicted octanol–water partition coefficient (Wildman–Crippen LogP) is 1.16. The molecular formula is C9H9N2O. The number of nitrogens with zero attached hydrogens (tertiary/aromatic N) is 1. The minimum atomic E-state index is -0.0915. The number of para-hydroxylation sites is 2. The van der Waals surface area contributed by atoms with Gasteiger partial charge in [-0.15, -0.1) is 0 Å². The highest BCUT2D eigenvalue weighted by molar-refractivity contribution is 5.74. The summed E-state index contributed by atoms with van der Waals surface area (Å²) in [6.07, 6.45) is 0. The van der Waals surface area contributed by atoms with Crippen molar-refractivity contribution in [2.45, 2.75) is 6.54 Å². The molecule has 0 unspecified atom stereocenters. The van der Waals surface area contributed by atoms with E-state index in [4.69, 9.17) is 0 Å². The van der Waals surface area contributed by atoms with Gasteiger partial charge in [-0.1, -0.05) is 12.1 Å². The smallest absolute Gasteiger partial charge is 0.306 e. The average Bonchev–Trinajstić information content (AvgIpc) is 2.40. The summed E-state index contributed by atoms with van der Waals surface area (Å²) >= 11 is 0. The van der Waals surface area contributed by atoms with Gasteiger partial charge < -0.3 is 4.98 Å². The molecule has 0 aliphatic heterocycles. The Morgan fingerprint density at radius 3 is 2.92 bits per heavy atom. The number of H-pyrrole nitrogens is 1. The van der Waals surface area contributed by atoms with Crippen molar-refractivity contribution in [3.63, 3.8) is 0 Å². The molecule has 0 fully saturated rings. The van der Waals surface area contributed by atoms with Crippen LogP contribution in [-0.2, 0) is 6.54 Å². The molecule has 0 saturated carbocycles. The topological polar surface area (TPSA) is 37.8 Å². The SMILES string of the molecule is [CH2]Cn1c(=O)[nH]c2ccccc21. The Hall–Kier alpha value is -1.51. The van der Waals surface area contributed by atoms with Gasteiger partial charge in [-0.3, -0.25) is 4.57 Å². The van der Waals surface area contributed by atoms with Crippen LogP contribution in [0, 0.1) is 6.92 Å². The van der Waals surface area contributed by atoms with E-state index in [9.17, 15) is 4.79 Å². The highest BCUT2D eigenvalue weighted by Crippen LogP contribution is 2.07. The lowest BCUT2D eigenvalue weighted by Crippen LogP contribution is -2.15. The van der Waals surface area contributed by atoms with E-state index >= 15 is 0 Å². The molecule has 0 aliphatic carbocycles. The fraction of sp³-hybridized carbons (Fsp3) is 0.111. The van der Waals surface area contributed by atoms with Gasteiger partial charge in [0.15, 0.2) is 0 Å². The summed E-state index contributed by atoms with van der Waals surface area (Å²) in [6, 6.07) is 7.58. The minimum absolute atomic E-state index is 0.0915. The van der Waals surface area contributed by atoms with Crippen LogP contribution in [-0.4, -0.2) is 9.55 Å². The number of nitrogens with one attached hydrogen (secondary N) is 1. The maximum absolute atomic E-state index is 11.2. The lowest BCUT2D eigenvalue weighted by atomic mass is 10.3. The zero-order valence-electron chi connectivity index (χ0n) is 6.58. The van der Waals surface area contributed by atoms with E-state index in [2.05, 4.69) is 11.9 Å². The van der Waals surface area contributed by atoms with Crippen molar-refractivity contribution in [1.82, 2.24) is 9.55 Å². The number of hydrogen-bond acceptors (Lipinski definition) is 1. The maximum Gasteiger partial charge on any atom is 0.326 e. The highest BCUT2D eigenvalue weighted by Gasteiger charge is 2.01.